The van der Waals surface area contributed by atoms with Crippen LogP contribution in [0, 0.1) is 5.41 Å². The van der Waals surface area contributed by atoms with E-state index in [9.17, 15) is 9.90 Å². The minimum absolute atomic E-state index is 0.0276. The molecule has 0 radical (unpaired) electrons. The van der Waals surface area contributed by atoms with Crippen molar-refractivity contribution in [2.24, 2.45) is 5.73 Å². The summed E-state index contributed by atoms with van der Waals surface area (Å²) in [5.74, 6) is -0.657. The molecule has 1 aliphatic heterocycles. The van der Waals surface area contributed by atoms with E-state index >= 15 is 0 Å². The highest BCUT2D eigenvalue weighted by Gasteiger charge is 2.22. The van der Waals surface area contributed by atoms with E-state index in [1.165, 1.54) is 0 Å². The van der Waals surface area contributed by atoms with E-state index in [-0.39, 0.29) is 11.9 Å². The summed E-state index contributed by atoms with van der Waals surface area (Å²) in [5.41, 5.74) is 7.01. The van der Waals surface area contributed by atoms with Gasteiger partial charge in [-0.15, -0.1) is 11.3 Å². The van der Waals surface area contributed by atoms with Gasteiger partial charge in [-0.25, -0.2) is 0 Å². The molecule has 1 aromatic heterocycles. The molecule has 156 valence electrons. The zero-order valence-electron chi connectivity index (χ0n) is 16.6. The number of hydrogen-bond acceptors (Lipinski definition) is 5. The lowest BCUT2D eigenvalue weighted by atomic mass is 9.95. The number of ether oxygens (including phenoxy) is 1. The minimum atomic E-state index is -0.844. The second-order valence-electron chi connectivity index (χ2n) is 7.61. The maximum atomic E-state index is 12.0. The van der Waals surface area contributed by atoms with Crippen molar-refractivity contribution in [1.82, 2.24) is 5.32 Å². The van der Waals surface area contributed by atoms with E-state index < -0.39 is 11.9 Å². The predicted molar refractivity (Wildman–Crippen MR) is 120 cm³/mol. The lowest BCUT2D eigenvalue weighted by molar-refractivity contribution is -0.138. The zero-order valence-corrected chi connectivity index (χ0v) is 17.4. The smallest absolute Gasteiger partial charge is 0.311 e. The summed E-state index contributed by atoms with van der Waals surface area (Å²) in [6, 6.07) is 15.1. The fourth-order valence-electron chi connectivity index (χ4n) is 3.80. The number of nitrogens with one attached hydrogen (secondary N) is 2. The first-order chi connectivity index (χ1) is 14.5. The van der Waals surface area contributed by atoms with Gasteiger partial charge in [0.2, 0.25) is 0 Å². The highest BCUT2D eigenvalue weighted by molar-refractivity contribution is 7.19. The Hall–Kier alpha value is -2.90. The number of nitrogens with two attached hydrogens (primary N) is 1. The molecule has 0 aliphatic carbocycles. The van der Waals surface area contributed by atoms with Crippen LogP contribution >= 0.6 is 11.3 Å². The highest BCUT2D eigenvalue weighted by Crippen LogP contribution is 2.32. The maximum absolute atomic E-state index is 12.0. The number of benzene rings is 2. The fourth-order valence-corrected chi connectivity index (χ4v) is 4.89. The molecule has 1 unspecified atom stereocenters. The number of rotatable bonds is 7. The van der Waals surface area contributed by atoms with Crippen LogP contribution in [-0.4, -0.2) is 36.1 Å². The first kappa shape index (κ1) is 20.4. The Labute approximate surface area is 179 Å². The van der Waals surface area contributed by atoms with E-state index in [1.807, 2.05) is 48.5 Å². The van der Waals surface area contributed by atoms with Crippen molar-refractivity contribution >= 4 is 33.2 Å². The molecule has 6 nitrogen and oxygen atoms in total. The third-order valence-corrected chi connectivity index (χ3v) is 6.59. The molecule has 2 heterocycles. The van der Waals surface area contributed by atoms with Crippen LogP contribution in [0.1, 0.15) is 34.8 Å². The number of nitrogen functional groups attached to an aromatic ring is 1. The van der Waals surface area contributed by atoms with E-state index in [0.29, 0.717) is 12.0 Å². The summed E-state index contributed by atoms with van der Waals surface area (Å²) >= 11 is 1.58. The van der Waals surface area contributed by atoms with E-state index in [4.69, 9.17) is 15.9 Å². The quantitative estimate of drug-likeness (QED) is 0.342. The Kier molecular flexibility index (Phi) is 6.01. The van der Waals surface area contributed by atoms with Gasteiger partial charge in [-0.05, 0) is 79.7 Å². The Morgan fingerprint density at radius 2 is 1.93 bits per heavy atom. The van der Waals surface area contributed by atoms with Gasteiger partial charge in [0.1, 0.15) is 17.7 Å². The summed E-state index contributed by atoms with van der Waals surface area (Å²) in [7, 11) is 0. The number of hydrogen-bond donors (Lipinski definition) is 4. The highest BCUT2D eigenvalue weighted by atomic mass is 32.1. The van der Waals surface area contributed by atoms with Crippen molar-refractivity contribution in [2.45, 2.75) is 31.3 Å². The molecule has 4 rings (SSSR count). The van der Waals surface area contributed by atoms with Crippen molar-refractivity contribution in [2.75, 3.05) is 13.1 Å². The van der Waals surface area contributed by atoms with Crippen LogP contribution in [0.3, 0.4) is 0 Å². The SMILES string of the molecule is N=C(N)c1ccc2sc(CC(C(=O)O)c3ccc(OC4CCNCC4)cc3)cc2c1. The number of aliphatic carboxylic acids is 1. The van der Waals surface area contributed by atoms with Gasteiger partial charge in [0.05, 0.1) is 5.92 Å². The summed E-state index contributed by atoms with van der Waals surface area (Å²) in [6.45, 7) is 1.93. The monoisotopic (exact) mass is 423 g/mol. The normalized spacial score (nSPS) is 15.7. The number of carbonyl (C=O) groups is 1. The van der Waals surface area contributed by atoms with E-state index in [2.05, 4.69) is 5.32 Å². The van der Waals surface area contributed by atoms with Gasteiger partial charge in [-0.2, -0.15) is 0 Å². The van der Waals surface area contributed by atoms with Crippen LogP contribution in [-0.2, 0) is 11.2 Å². The second-order valence-corrected chi connectivity index (χ2v) is 8.78. The molecule has 2 aromatic carbocycles. The molecular formula is C23H25N3O3S. The van der Waals surface area contributed by atoms with Gasteiger partial charge in [0, 0.05) is 15.1 Å². The molecule has 1 fully saturated rings. The average Bonchev–Trinajstić information content (AvgIpc) is 3.15. The molecule has 0 amide bonds. The van der Waals surface area contributed by atoms with Gasteiger partial charge < -0.3 is 20.9 Å². The van der Waals surface area contributed by atoms with Gasteiger partial charge in [0.15, 0.2) is 0 Å². The Balaban J connectivity index is 1.50. The standard InChI is InChI=1S/C23H25N3O3S/c24-22(25)15-3-6-21-16(11-15)12-19(30-21)13-20(23(27)28)14-1-4-17(5-2-14)29-18-7-9-26-10-8-18/h1-6,11-12,18,20,26H,7-10,13H2,(H3,24,25)(H,27,28). The minimum Gasteiger partial charge on any atom is -0.490 e. The largest absolute Gasteiger partial charge is 0.490 e. The summed E-state index contributed by atoms with van der Waals surface area (Å²) in [5, 5.41) is 21.7. The maximum Gasteiger partial charge on any atom is 0.311 e. The van der Waals surface area contributed by atoms with Gasteiger partial charge in [-0.1, -0.05) is 12.1 Å². The Morgan fingerprint density at radius 3 is 2.60 bits per heavy atom. The van der Waals surface area contributed by atoms with Gasteiger partial charge in [0.25, 0.3) is 0 Å². The molecule has 1 saturated heterocycles. The van der Waals surface area contributed by atoms with Crippen LogP contribution in [0.2, 0.25) is 0 Å². The van der Waals surface area contributed by atoms with Crippen molar-refractivity contribution in [3.63, 3.8) is 0 Å². The first-order valence-corrected chi connectivity index (χ1v) is 10.9. The summed E-state index contributed by atoms with van der Waals surface area (Å²) in [6.07, 6.45) is 2.59. The molecule has 1 aliphatic rings. The third-order valence-electron chi connectivity index (χ3n) is 5.45. The van der Waals surface area contributed by atoms with Crippen LogP contribution in [0.15, 0.2) is 48.5 Å². The summed E-state index contributed by atoms with van der Waals surface area (Å²) < 4.78 is 7.09. The number of carboxylic acid groups (broad SMARTS) is 1. The van der Waals surface area contributed by atoms with Crippen molar-refractivity contribution < 1.29 is 14.6 Å². The van der Waals surface area contributed by atoms with Crippen molar-refractivity contribution in [3.05, 3.63) is 64.5 Å². The first-order valence-electron chi connectivity index (χ1n) is 10.1. The number of piperidine rings is 1. The number of amidine groups is 1. The molecule has 1 atom stereocenters. The molecule has 0 saturated carbocycles. The number of carboxylic acids is 1. The van der Waals surface area contributed by atoms with E-state index in [0.717, 1.165) is 52.2 Å². The average molecular weight is 424 g/mol. The fraction of sp³-hybridized carbons (Fsp3) is 0.304. The molecular weight excluding hydrogens is 398 g/mol. The van der Waals surface area contributed by atoms with Crippen molar-refractivity contribution in [3.8, 4) is 5.75 Å². The topological polar surface area (TPSA) is 108 Å². The van der Waals surface area contributed by atoms with Crippen LogP contribution < -0.4 is 15.8 Å². The molecule has 0 spiro atoms. The molecule has 5 N–H and O–H groups in total. The third kappa shape index (κ3) is 4.63. The predicted octanol–water partition coefficient (Wildman–Crippen LogP) is 3.73. The number of fused-ring (bicyclic) bond motifs is 1. The molecule has 3 aromatic rings. The van der Waals surface area contributed by atoms with Crippen LogP contribution in [0.4, 0.5) is 0 Å². The van der Waals surface area contributed by atoms with E-state index in [1.54, 1.807) is 11.3 Å². The van der Waals surface area contributed by atoms with Crippen molar-refractivity contribution in [1.29, 1.82) is 5.41 Å². The van der Waals surface area contributed by atoms with Gasteiger partial charge >= 0.3 is 5.97 Å². The summed E-state index contributed by atoms with van der Waals surface area (Å²) in [4.78, 5) is 13.0. The Morgan fingerprint density at radius 1 is 1.20 bits per heavy atom. The zero-order chi connectivity index (χ0) is 21.1. The van der Waals surface area contributed by atoms with Crippen LogP contribution in [0.5, 0.6) is 5.75 Å². The lowest BCUT2D eigenvalue weighted by Crippen LogP contribution is -2.34. The number of thiophene rings is 1. The lowest BCUT2D eigenvalue weighted by Gasteiger charge is -2.24. The van der Waals surface area contributed by atoms with Crippen LogP contribution in [0.25, 0.3) is 10.1 Å². The Bertz CT molecular complexity index is 1060. The second kappa shape index (κ2) is 8.85. The molecule has 0 bridgehead atoms. The molecule has 7 heteroatoms. The van der Waals surface area contributed by atoms with Gasteiger partial charge in [-0.3, -0.25) is 10.2 Å². The molecule has 30 heavy (non-hydrogen) atoms.